The highest BCUT2D eigenvalue weighted by Crippen LogP contribution is 2.34. The van der Waals surface area contributed by atoms with E-state index >= 15 is 0 Å². The molecule has 2 rings (SSSR count). The normalized spacial score (nSPS) is 10.5. The first kappa shape index (κ1) is 14.8. The highest BCUT2D eigenvalue weighted by molar-refractivity contribution is 5.72. The topological polar surface area (TPSA) is 81.0 Å². The van der Waals surface area contributed by atoms with E-state index in [0.717, 1.165) is 12.1 Å². The molecule has 2 aromatic rings. The first-order valence-electron chi connectivity index (χ1n) is 6.17. The lowest BCUT2D eigenvalue weighted by atomic mass is 10.1. The van der Waals surface area contributed by atoms with Gasteiger partial charge < -0.3 is 5.32 Å². The quantitative estimate of drug-likeness (QED) is 0.692. The van der Waals surface area contributed by atoms with E-state index in [9.17, 15) is 18.9 Å². The van der Waals surface area contributed by atoms with Crippen molar-refractivity contribution in [1.29, 1.82) is 0 Å². The molecule has 0 amide bonds. The number of aromatic nitrogens is 2. The van der Waals surface area contributed by atoms with E-state index in [1.807, 2.05) is 0 Å². The average molecular weight is 294 g/mol. The molecule has 1 aromatic carbocycles. The van der Waals surface area contributed by atoms with Crippen LogP contribution in [-0.2, 0) is 0 Å². The van der Waals surface area contributed by atoms with Crippen LogP contribution in [0.5, 0.6) is 0 Å². The predicted octanol–water partition coefficient (Wildman–Crippen LogP) is 3.07. The van der Waals surface area contributed by atoms with Gasteiger partial charge in [0.2, 0.25) is 5.95 Å². The minimum absolute atomic E-state index is 0.0311. The fraction of sp³-hybridized carbons (Fsp3) is 0.231. The van der Waals surface area contributed by atoms with Crippen molar-refractivity contribution in [3.8, 4) is 11.3 Å². The van der Waals surface area contributed by atoms with E-state index in [4.69, 9.17) is 0 Å². The van der Waals surface area contributed by atoms with Gasteiger partial charge in [0.05, 0.1) is 10.5 Å². The van der Waals surface area contributed by atoms with Gasteiger partial charge in [-0.1, -0.05) is 6.07 Å². The molecule has 110 valence electrons. The summed E-state index contributed by atoms with van der Waals surface area (Å²) < 4.78 is 27.8. The molecule has 0 saturated heterocycles. The Labute approximate surface area is 119 Å². The van der Waals surface area contributed by atoms with Gasteiger partial charge in [-0.25, -0.2) is 18.7 Å². The highest BCUT2D eigenvalue weighted by atomic mass is 19.1. The fourth-order valence-electron chi connectivity index (χ4n) is 1.92. The Bertz CT molecular complexity index is 687. The molecule has 0 unspecified atom stereocenters. The van der Waals surface area contributed by atoms with Crippen LogP contribution in [0, 0.1) is 28.7 Å². The maximum atomic E-state index is 13.9. The lowest BCUT2D eigenvalue weighted by Crippen LogP contribution is -2.08. The number of aryl methyl sites for hydroxylation is 1. The summed E-state index contributed by atoms with van der Waals surface area (Å²) in [6, 6.07) is 3.22. The Balaban J connectivity index is 2.79. The Hall–Kier alpha value is -2.64. The third kappa shape index (κ3) is 2.78. The molecular formula is C13H12F2N4O2. The summed E-state index contributed by atoms with van der Waals surface area (Å²) in [5.74, 6) is -1.75. The first-order chi connectivity index (χ1) is 9.95. The minimum Gasteiger partial charge on any atom is -0.354 e. The number of rotatable bonds is 4. The van der Waals surface area contributed by atoms with Crippen LogP contribution < -0.4 is 5.32 Å². The van der Waals surface area contributed by atoms with Gasteiger partial charge in [0.1, 0.15) is 17.3 Å². The first-order valence-corrected chi connectivity index (χ1v) is 6.17. The second kappa shape index (κ2) is 5.78. The molecule has 0 bridgehead atoms. The van der Waals surface area contributed by atoms with Crippen LogP contribution in [0.1, 0.15) is 12.6 Å². The van der Waals surface area contributed by atoms with E-state index in [1.165, 1.54) is 13.0 Å². The van der Waals surface area contributed by atoms with Crippen molar-refractivity contribution in [2.75, 3.05) is 11.9 Å². The Morgan fingerprint density at radius 2 is 1.90 bits per heavy atom. The van der Waals surface area contributed by atoms with Gasteiger partial charge in [-0.2, -0.15) is 0 Å². The summed E-state index contributed by atoms with van der Waals surface area (Å²) in [6.45, 7) is 3.64. The van der Waals surface area contributed by atoms with Crippen LogP contribution in [0.25, 0.3) is 11.3 Å². The molecule has 1 aromatic heterocycles. The number of nitrogens with zero attached hydrogens (tertiary/aromatic N) is 3. The molecule has 0 atom stereocenters. The number of hydrogen-bond acceptors (Lipinski definition) is 5. The molecule has 0 aliphatic rings. The number of halogens is 2. The summed E-state index contributed by atoms with van der Waals surface area (Å²) >= 11 is 0. The number of benzene rings is 1. The van der Waals surface area contributed by atoms with Crippen LogP contribution in [-0.4, -0.2) is 21.4 Å². The zero-order chi connectivity index (χ0) is 15.6. The second-order valence-electron chi connectivity index (χ2n) is 4.21. The van der Waals surface area contributed by atoms with Crippen LogP contribution in [0.3, 0.4) is 0 Å². The fourth-order valence-corrected chi connectivity index (χ4v) is 1.92. The molecule has 6 nitrogen and oxygen atoms in total. The van der Waals surface area contributed by atoms with Gasteiger partial charge in [-0.05, 0) is 26.0 Å². The molecule has 0 aliphatic heterocycles. The maximum Gasteiger partial charge on any atom is 0.316 e. The van der Waals surface area contributed by atoms with Crippen molar-refractivity contribution >= 4 is 11.6 Å². The molecule has 0 spiro atoms. The van der Waals surface area contributed by atoms with E-state index in [1.54, 1.807) is 6.92 Å². The van der Waals surface area contributed by atoms with Gasteiger partial charge in [-0.3, -0.25) is 10.1 Å². The summed E-state index contributed by atoms with van der Waals surface area (Å²) in [5.41, 5.74) is -1.39. The molecular weight excluding hydrogens is 282 g/mol. The van der Waals surface area contributed by atoms with Gasteiger partial charge in [0, 0.05) is 6.54 Å². The summed E-state index contributed by atoms with van der Waals surface area (Å²) in [4.78, 5) is 18.2. The molecule has 21 heavy (non-hydrogen) atoms. The molecule has 1 N–H and O–H groups in total. The largest absolute Gasteiger partial charge is 0.354 e. The number of nitrogens with one attached hydrogen (secondary N) is 1. The van der Waals surface area contributed by atoms with Crippen molar-refractivity contribution in [2.24, 2.45) is 0 Å². The summed E-state index contributed by atoms with van der Waals surface area (Å²) in [5, 5.41) is 13.9. The van der Waals surface area contributed by atoms with Crippen LogP contribution in [0.4, 0.5) is 20.4 Å². The van der Waals surface area contributed by atoms with E-state index in [-0.39, 0.29) is 17.3 Å². The molecule has 0 saturated carbocycles. The molecule has 1 heterocycles. The SMILES string of the molecule is CCNc1nc(C)c([N+](=O)[O-])c(-c2c(F)cccc2F)n1. The van der Waals surface area contributed by atoms with Crippen molar-refractivity contribution in [3.05, 3.63) is 45.6 Å². The van der Waals surface area contributed by atoms with Crippen molar-refractivity contribution in [3.63, 3.8) is 0 Å². The minimum atomic E-state index is -0.918. The monoisotopic (exact) mass is 294 g/mol. The number of nitro groups is 1. The lowest BCUT2D eigenvalue weighted by molar-refractivity contribution is -0.385. The highest BCUT2D eigenvalue weighted by Gasteiger charge is 2.27. The van der Waals surface area contributed by atoms with E-state index < -0.39 is 27.8 Å². The maximum absolute atomic E-state index is 13.9. The molecule has 0 aliphatic carbocycles. The molecule has 0 radical (unpaired) electrons. The van der Waals surface area contributed by atoms with Crippen molar-refractivity contribution in [2.45, 2.75) is 13.8 Å². The lowest BCUT2D eigenvalue weighted by Gasteiger charge is -2.09. The van der Waals surface area contributed by atoms with Crippen molar-refractivity contribution in [1.82, 2.24) is 9.97 Å². The standard InChI is InChI=1S/C13H12F2N4O2/c1-3-16-13-17-7(2)12(19(20)21)11(18-13)10-8(14)5-4-6-9(10)15/h4-6H,3H2,1-2H3,(H,16,17,18). The molecule has 8 heteroatoms. The number of anilines is 1. The van der Waals surface area contributed by atoms with Crippen molar-refractivity contribution < 1.29 is 13.7 Å². The Morgan fingerprint density at radius 1 is 1.29 bits per heavy atom. The summed E-state index contributed by atoms with van der Waals surface area (Å²) in [7, 11) is 0. The van der Waals surface area contributed by atoms with Crippen LogP contribution >= 0.6 is 0 Å². The smallest absolute Gasteiger partial charge is 0.316 e. The number of hydrogen-bond donors (Lipinski definition) is 1. The van der Waals surface area contributed by atoms with Gasteiger partial charge >= 0.3 is 5.69 Å². The zero-order valence-electron chi connectivity index (χ0n) is 11.4. The average Bonchev–Trinajstić information content (AvgIpc) is 2.37. The molecule has 0 fully saturated rings. The van der Waals surface area contributed by atoms with Gasteiger partial charge in [0.25, 0.3) is 0 Å². The zero-order valence-corrected chi connectivity index (χ0v) is 11.4. The Morgan fingerprint density at radius 3 is 2.43 bits per heavy atom. The second-order valence-corrected chi connectivity index (χ2v) is 4.21. The van der Waals surface area contributed by atoms with Crippen LogP contribution in [0.2, 0.25) is 0 Å². The van der Waals surface area contributed by atoms with E-state index in [0.29, 0.717) is 6.54 Å². The van der Waals surface area contributed by atoms with Gasteiger partial charge in [-0.15, -0.1) is 0 Å². The van der Waals surface area contributed by atoms with E-state index in [2.05, 4.69) is 15.3 Å². The van der Waals surface area contributed by atoms with Crippen LogP contribution in [0.15, 0.2) is 18.2 Å². The third-order valence-corrected chi connectivity index (χ3v) is 2.78. The third-order valence-electron chi connectivity index (χ3n) is 2.78. The Kier molecular flexibility index (Phi) is 4.06. The van der Waals surface area contributed by atoms with Gasteiger partial charge in [0.15, 0.2) is 5.69 Å². The predicted molar refractivity (Wildman–Crippen MR) is 72.9 cm³/mol. The summed E-state index contributed by atoms with van der Waals surface area (Å²) in [6.07, 6.45) is 0.